The van der Waals surface area contributed by atoms with Crippen molar-refractivity contribution in [3.05, 3.63) is 65.6 Å². The molecule has 1 saturated carbocycles. The number of methoxy groups -OCH3 is 2. The lowest BCUT2D eigenvalue weighted by Gasteiger charge is -2.23. The first kappa shape index (κ1) is 25.7. The highest BCUT2D eigenvalue weighted by atomic mass is 19.1. The molecule has 4 rings (SSSR count). The molecule has 36 heavy (non-hydrogen) atoms. The number of carboxylic acids is 1. The lowest BCUT2D eigenvalue weighted by Crippen LogP contribution is -2.12. The minimum atomic E-state index is -0.807. The van der Waals surface area contributed by atoms with Gasteiger partial charge in [0.1, 0.15) is 17.3 Å². The number of aliphatic carboxylic acids is 1. The fraction of sp³-hybridized carbons (Fsp3) is 0.400. The molecule has 0 aliphatic heterocycles. The Morgan fingerprint density at radius 2 is 1.86 bits per heavy atom. The quantitative estimate of drug-likeness (QED) is 0.345. The normalized spacial score (nSPS) is 14.4. The van der Waals surface area contributed by atoms with E-state index in [0.29, 0.717) is 35.1 Å². The molecule has 0 radical (unpaired) electrons. The van der Waals surface area contributed by atoms with Crippen LogP contribution in [0.1, 0.15) is 57.1 Å². The second-order valence-electron chi connectivity index (χ2n) is 10.8. The first-order chi connectivity index (χ1) is 17.1. The van der Waals surface area contributed by atoms with Gasteiger partial charge in [0.05, 0.1) is 26.3 Å². The highest BCUT2D eigenvalue weighted by Gasteiger charge is 2.36. The SMILES string of the molecule is COc1ccc(F)c(-c2ncc(-c3cccc(C(CC(=O)O)C4CC4)c3OC)cc2CC(C)(C)C)c1. The third-order valence-corrected chi connectivity index (χ3v) is 6.66. The number of rotatable bonds is 9. The van der Waals surface area contributed by atoms with Gasteiger partial charge in [-0.1, -0.05) is 39.0 Å². The zero-order valence-corrected chi connectivity index (χ0v) is 21.6. The Bertz CT molecular complexity index is 1260. The monoisotopic (exact) mass is 491 g/mol. The maximum atomic E-state index is 14.9. The molecule has 0 amide bonds. The third-order valence-electron chi connectivity index (χ3n) is 6.66. The van der Waals surface area contributed by atoms with E-state index >= 15 is 0 Å². The summed E-state index contributed by atoms with van der Waals surface area (Å²) in [5.74, 6) is 0.352. The highest BCUT2D eigenvalue weighted by Crippen LogP contribution is 2.49. The summed E-state index contributed by atoms with van der Waals surface area (Å²) >= 11 is 0. The van der Waals surface area contributed by atoms with Gasteiger partial charge in [-0.3, -0.25) is 9.78 Å². The number of hydrogen-bond acceptors (Lipinski definition) is 4. The molecular formula is C30H34FNO4. The molecule has 1 aliphatic rings. The number of hydrogen-bond donors (Lipinski definition) is 1. The molecule has 1 unspecified atom stereocenters. The van der Waals surface area contributed by atoms with Crippen LogP contribution in [-0.2, 0) is 11.2 Å². The Balaban J connectivity index is 1.85. The molecule has 0 bridgehead atoms. The van der Waals surface area contributed by atoms with Crippen LogP contribution in [0.4, 0.5) is 4.39 Å². The number of para-hydroxylation sites is 1. The Morgan fingerprint density at radius 3 is 2.47 bits per heavy atom. The molecule has 1 fully saturated rings. The molecule has 3 aromatic rings. The molecule has 6 heteroatoms. The summed E-state index contributed by atoms with van der Waals surface area (Å²) in [7, 11) is 3.18. The van der Waals surface area contributed by atoms with E-state index in [9.17, 15) is 14.3 Å². The van der Waals surface area contributed by atoms with Gasteiger partial charge in [0.15, 0.2) is 0 Å². The van der Waals surface area contributed by atoms with Gasteiger partial charge in [0, 0.05) is 28.8 Å². The Labute approximate surface area is 212 Å². The minimum Gasteiger partial charge on any atom is -0.497 e. The first-order valence-electron chi connectivity index (χ1n) is 12.3. The van der Waals surface area contributed by atoms with Crippen molar-refractivity contribution in [1.82, 2.24) is 4.98 Å². The molecule has 1 aromatic heterocycles. The van der Waals surface area contributed by atoms with Crippen molar-refractivity contribution in [2.45, 2.75) is 52.4 Å². The van der Waals surface area contributed by atoms with Crippen molar-refractivity contribution in [1.29, 1.82) is 0 Å². The van der Waals surface area contributed by atoms with Gasteiger partial charge in [-0.25, -0.2) is 4.39 Å². The van der Waals surface area contributed by atoms with Crippen LogP contribution >= 0.6 is 0 Å². The van der Waals surface area contributed by atoms with Crippen LogP contribution < -0.4 is 9.47 Å². The number of halogens is 1. The third kappa shape index (κ3) is 5.69. The van der Waals surface area contributed by atoms with E-state index in [1.165, 1.54) is 6.07 Å². The van der Waals surface area contributed by atoms with Gasteiger partial charge in [0.2, 0.25) is 0 Å². The smallest absolute Gasteiger partial charge is 0.303 e. The van der Waals surface area contributed by atoms with Gasteiger partial charge in [-0.15, -0.1) is 0 Å². The largest absolute Gasteiger partial charge is 0.497 e. The Kier molecular flexibility index (Phi) is 7.34. The van der Waals surface area contributed by atoms with Crippen molar-refractivity contribution in [2.75, 3.05) is 14.2 Å². The van der Waals surface area contributed by atoms with Gasteiger partial charge in [0.25, 0.3) is 0 Å². The van der Waals surface area contributed by atoms with Crippen LogP contribution in [-0.4, -0.2) is 30.3 Å². The van der Waals surface area contributed by atoms with Crippen molar-refractivity contribution >= 4 is 5.97 Å². The molecule has 190 valence electrons. The molecule has 0 spiro atoms. The summed E-state index contributed by atoms with van der Waals surface area (Å²) in [6, 6.07) is 12.6. The van der Waals surface area contributed by atoms with E-state index < -0.39 is 5.97 Å². The summed E-state index contributed by atoms with van der Waals surface area (Å²) in [6.45, 7) is 6.41. The average Bonchev–Trinajstić information content (AvgIpc) is 3.67. The van der Waals surface area contributed by atoms with Crippen molar-refractivity contribution in [3.63, 3.8) is 0 Å². The van der Waals surface area contributed by atoms with Crippen molar-refractivity contribution in [2.24, 2.45) is 11.3 Å². The number of nitrogens with zero attached hydrogens (tertiary/aromatic N) is 1. The number of carboxylic acid groups (broad SMARTS) is 1. The first-order valence-corrected chi connectivity index (χ1v) is 12.3. The molecule has 1 N–H and O–H groups in total. The molecule has 1 aliphatic carbocycles. The number of ether oxygens (including phenoxy) is 2. The second kappa shape index (κ2) is 10.3. The van der Waals surface area contributed by atoms with E-state index in [1.807, 2.05) is 18.2 Å². The molecule has 5 nitrogen and oxygen atoms in total. The number of aromatic nitrogens is 1. The molecular weight excluding hydrogens is 457 g/mol. The van der Waals surface area contributed by atoms with E-state index in [2.05, 4.69) is 26.8 Å². The highest BCUT2D eigenvalue weighted by molar-refractivity contribution is 5.76. The number of benzene rings is 2. The summed E-state index contributed by atoms with van der Waals surface area (Å²) < 4.78 is 26.1. The van der Waals surface area contributed by atoms with Gasteiger partial charge < -0.3 is 14.6 Å². The molecule has 1 atom stereocenters. The van der Waals surface area contributed by atoms with E-state index in [-0.39, 0.29) is 23.6 Å². The predicted molar refractivity (Wildman–Crippen MR) is 139 cm³/mol. The summed E-state index contributed by atoms with van der Waals surface area (Å²) in [4.78, 5) is 16.3. The topological polar surface area (TPSA) is 68.7 Å². The summed E-state index contributed by atoms with van der Waals surface area (Å²) in [5.41, 5.74) is 4.47. The van der Waals surface area contributed by atoms with Crippen LogP contribution in [0.15, 0.2) is 48.7 Å². The zero-order valence-electron chi connectivity index (χ0n) is 21.6. The van der Waals surface area contributed by atoms with E-state index in [4.69, 9.17) is 14.5 Å². The van der Waals surface area contributed by atoms with Crippen LogP contribution in [0.25, 0.3) is 22.4 Å². The average molecular weight is 492 g/mol. The van der Waals surface area contributed by atoms with Crippen LogP contribution in [0.2, 0.25) is 0 Å². The van der Waals surface area contributed by atoms with Gasteiger partial charge in [-0.05, 0) is 66.0 Å². The maximum Gasteiger partial charge on any atom is 0.303 e. The lowest BCUT2D eigenvalue weighted by atomic mass is 9.84. The Morgan fingerprint density at radius 1 is 1.11 bits per heavy atom. The summed E-state index contributed by atoms with van der Waals surface area (Å²) in [6.07, 6.45) is 4.57. The zero-order chi connectivity index (χ0) is 26.0. The predicted octanol–water partition coefficient (Wildman–Crippen LogP) is 7.13. The van der Waals surface area contributed by atoms with Gasteiger partial charge in [-0.2, -0.15) is 0 Å². The molecule has 0 saturated heterocycles. The summed E-state index contributed by atoms with van der Waals surface area (Å²) in [5, 5.41) is 9.52. The van der Waals surface area contributed by atoms with Crippen LogP contribution in [0.5, 0.6) is 11.5 Å². The van der Waals surface area contributed by atoms with E-state index in [0.717, 1.165) is 35.1 Å². The number of carbonyl (C=O) groups is 1. The van der Waals surface area contributed by atoms with Crippen LogP contribution in [0, 0.1) is 17.2 Å². The fourth-order valence-corrected chi connectivity index (χ4v) is 4.94. The van der Waals surface area contributed by atoms with Crippen LogP contribution in [0.3, 0.4) is 0 Å². The number of pyridine rings is 1. The fourth-order valence-electron chi connectivity index (χ4n) is 4.94. The lowest BCUT2D eigenvalue weighted by molar-refractivity contribution is -0.137. The minimum absolute atomic E-state index is 0.0606. The van der Waals surface area contributed by atoms with E-state index in [1.54, 1.807) is 32.5 Å². The van der Waals surface area contributed by atoms with Crippen molar-refractivity contribution < 1.29 is 23.8 Å². The molecule has 2 aromatic carbocycles. The second-order valence-corrected chi connectivity index (χ2v) is 10.8. The van der Waals surface area contributed by atoms with Crippen molar-refractivity contribution in [3.8, 4) is 33.9 Å². The molecule has 1 heterocycles. The standard InChI is InChI=1S/C30H34FNO4/c1-30(2,3)16-19-13-20(17-32-28(19)25-14-21(35-4)11-12-26(25)31)22-7-6-8-23(29(22)36-5)24(15-27(33)34)18-9-10-18/h6-8,11-14,17-18,24H,9-10,15-16H2,1-5H3,(H,33,34). The van der Waals surface area contributed by atoms with Gasteiger partial charge >= 0.3 is 5.97 Å². The maximum absolute atomic E-state index is 14.9. The Hall–Kier alpha value is -3.41.